The standard InChI is InChI=1S/C70H116N8O6/c1-51(2)35-61-47-81-55(9)41-73(11)64(38-54(7)8)50-84-66(40-58-21-25-60(26-22-58)44-78-68(28-34-72-78)70(80-16)31-18-32-70)46-76(14)62(36-52(3)4)48-82-56(10)42-74(12)63(37-53(5)6)49-83-65(45-75(61)13)39-57-19-23-59(24-20-57)43-77-67(27-33-71-77)69(79-15)29-17-30-69/h19-28,33-34,51-56,61-66H,17-18,29-32,35-50H2,1-16H3/t55-,56-,61+,62?,63+,64+,65-,66-/m1/s1. The van der Waals surface area contributed by atoms with Gasteiger partial charge in [0.2, 0.25) is 0 Å². The second kappa shape index (κ2) is 32.6. The third kappa shape index (κ3) is 19.7. The van der Waals surface area contributed by atoms with E-state index in [0.717, 1.165) is 103 Å². The Balaban J connectivity index is 1.10. The van der Waals surface area contributed by atoms with Crippen LogP contribution in [0.3, 0.4) is 0 Å². The molecule has 1 aliphatic heterocycles. The lowest BCUT2D eigenvalue weighted by Crippen LogP contribution is -2.47. The van der Waals surface area contributed by atoms with Crippen LogP contribution in [0.1, 0.15) is 167 Å². The fourth-order valence-corrected chi connectivity index (χ4v) is 13.5. The van der Waals surface area contributed by atoms with Crippen LogP contribution < -0.4 is 0 Å². The summed E-state index contributed by atoms with van der Waals surface area (Å²) in [6, 6.07) is 23.5. The highest BCUT2D eigenvalue weighted by molar-refractivity contribution is 5.27. The van der Waals surface area contributed by atoms with E-state index in [9.17, 15) is 0 Å². The zero-order chi connectivity index (χ0) is 60.6. The molecule has 0 radical (unpaired) electrons. The average Bonchev–Trinajstić information content (AvgIpc) is 3.37. The largest absolute Gasteiger partial charge is 0.376 e. The highest BCUT2D eigenvalue weighted by Gasteiger charge is 2.42. The molecular formula is C70H116N8O6. The summed E-state index contributed by atoms with van der Waals surface area (Å²) < 4.78 is 44.8. The SMILES string of the molecule is COC1(c2ccnn2Cc2ccc(C[C@@H]3CN(C)C(CC(C)C)CO[C@H](C)CN(C)[C@@H](CC(C)C)CO[C@H](Cc4ccc(Cn5nccc5C5(OC)CCC5)cc4)CN(C)[C@@H](CC(C)C)CO[C@H](C)CN(C)[C@@H](CC(C)C)CO3)cc2)CCC1. The van der Waals surface area contributed by atoms with Gasteiger partial charge in [0.05, 0.1) is 75.3 Å². The van der Waals surface area contributed by atoms with Crippen molar-refractivity contribution in [3.8, 4) is 0 Å². The first-order valence-electron chi connectivity index (χ1n) is 32.7. The van der Waals surface area contributed by atoms with Gasteiger partial charge in [-0.2, -0.15) is 10.2 Å². The van der Waals surface area contributed by atoms with Gasteiger partial charge in [0.1, 0.15) is 11.2 Å². The van der Waals surface area contributed by atoms with E-state index in [-0.39, 0.29) is 59.8 Å². The van der Waals surface area contributed by atoms with Crippen molar-refractivity contribution in [3.63, 3.8) is 0 Å². The molecule has 2 aromatic carbocycles. The van der Waals surface area contributed by atoms with Crippen molar-refractivity contribution in [2.75, 3.05) is 95.0 Å². The van der Waals surface area contributed by atoms with Crippen molar-refractivity contribution in [1.82, 2.24) is 39.2 Å². The molecule has 2 saturated carbocycles. The number of ether oxygens (including phenoxy) is 6. The molecule has 14 nitrogen and oxygen atoms in total. The van der Waals surface area contributed by atoms with Gasteiger partial charge >= 0.3 is 0 Å². The summed E-state index contributed by atoms with van der Waals surface area (Å²) in [5, 5.41) is 9.50. The molecule has 1 unspecified atom stereocenters. The molecule has 3 aliphatic rings. The van der Waals surface area contributed by atoms with Gasteiger partial charge < -0.3 is 28.4 Å². The number of hydrogen-bond acceptors (Lipinski definition) is 12. The monoisotopic (exact) mass is 1160 g/mol. The second-order valence-corrected chi connectivity index (χ2v) is 28.0. The predicted molar refractivity (Wildman–Crippen MR) is 342 cm³/mol. The molecule has 3 heterocycles. The minimum Gasteiger partial charge on any atom is -0.376 e. The van der Waals surface area contributed by atoms with E-state index in [0.29, 0.717) is 50.1 Å². The first-order valence-corrected chi connectivity index (χ1v) is 32.7. The maximum atomic E-state index is 7.26. The molecule has 3 fully saturated rings. The van der Waals surface area contributed by atoms with Crippen LogP contribution >= 0.6 is 0 Å². The number of benzene rings is 2. The van der Waals surface area contributed by atoms with Crippen LogP contribution in [-0.4, -0.2) is 183 Å². The van der Waals surface area contributed by atoms with Gasteiger partial charge in [0.25, 0.3) is 0 Å². The normalized spacial score (nSPS) is 26.6. The first kappa shape index (κ1) is 68.0. The van der Waals surface area contributed by atoms with E-state index >= 15 is 0 Å². The molecule has 84 heavy (non-hydrogen) atoms. The van der Waals surface area contributed by atoms with Crippen molar-refractivity contribution in [3.05, 3.63) is 107 Å². The molecule has 4 aromatic rings. The minimum atomic E-state index is -0.211. The van der Waals surface area contributed by atoms with Crippen molar-refractivity contribution >= 4 is 0 Å². The highest BCUT2D eigenvalue weighted by Crippen LogP contribution is 2.45. The van der Waals surface area contributed by atoms with E-state index in [1.54, 1.807) is 0 Å². The molecule has 1 saturated heterocycles. The number of nitrogens with zero attached hydrogens (tertiary/aromatic N) is 8. The van der Waals surface area contributed by atoms with E-state index < -0.39 is 0 Å². The zero-order valence-corrected chi connectivity index (χ0v) is 55.4. The summed E-state index contributed by atoms with van der Waals surface area (Å²) in [6.45, 7) is 30.5. The number of rotatable bonds is 20. The summed E-state index contributed by atoms with van der Waals surface area (Å²) >= 11 is 0. The van der Waals surface area contributed by atoms with Crippen LogP contribution in [0, 0.1) is 23.7 Å². The maximum Gasteiger partial charge on any atom is 0.109 e. The van der Waals surface area contributed by atoms with Gasteiger partial charge in [0.15, 0.2) is 0 Å². The molecule has 14 heteroatoms. The topological polar surface area (TPSA) is 104 Å². The zero-order valence-electron chi connectivity index (χ0n) is 55.4. The Labute approximate surface area is 509 Å². The van der Waals surface area contributed by atoms with Crippen LogP contribution in [0.5, 0.6) is 0 Å². The molecule has 0 amide bonds. The lowest BCUT2D eigenvalue weighted by molar-refractivity contribution is -0.0841. The molecular weight excluding hydrogens is 1050 g/mol. The lowest BCUT2D eigenvalue weighted by Gasteiger charge is -2.40. The Morgan fingerprint density at radius 2 is 0.738 bits per heavy atom. The number of hydrogen-bond donors (Lipinski definition) is 0. The lowest BCUT2D eigenvalue weighted by atomic mass is 9.77. The Kier molecular flexibility index (Phi) is 26.4. The Hall–Kier alpha value is -3.54. The van der Waals surface area contributed by atoms with Gasteiger partial charge in [-0.3, -0.25) is 29.0 Å². The first-order chi connectivity index (χ1) is 40.2. The third-order valence-electron chi connectivity index (χ3n) is 18.8. The van der Waals surface area contributed by atoms with Crippen LogP contribution in [-0.2, 0) is 65.6 Å². The van der Waals surface area contributed by atoms with Gasteiger partial charge in [-0.25, -0.2) is 0 Å². The molecule has 8 atom stereocenters. The molecule has 7 rings (SSSR count). The Morgan fingerprint density at radius 3 is 1.02 bits per heavy atom. The summed E-state index contributed by atoms with van der Waals surface area (Å²) in [7, 11) is 12.8. The Morgan fingerprint density at radius 1 is 0.440 bits per heavy atom. The molecule has 472 valence electrons. The number of likely N-dealkylation sites (N-methyl/N-ethyl adjacent to an activating group) is 4. The van der Waals surface area contributed by atoms with E-state index in [1.807, 2.05) is 26.6 Å². The van der Waals surface area contributed by atoms with E-state index in [1.165, 1.54) is 46.5 Å². The molecule has 0 bridgehead atoms. The van der Waals surface area contributed by atoms with Crippen molar-refractivity contribution < 1.29 is 28.4 Å². The smallest absolute Gasteiger partial charge is 0.109 e. The van der Waals surface area contributed by atoms with Crippen LogP contribution in [0.25, 0.3) is 0 Å². The van der Waals surface area contributed by atoms with Crippen LogP contribution in [0.2, 0.25) is 0 Å². The van der Waals surface area contributed by atoms with Crippen LogP contribution in [0.4, 0.5) is 0 Å². The third-order valence-corrected chi connectivity index (χ3v) is 18.8. The molecule has 0 spiro atoms. The second-order valence-electron chi connectivity index (χ2n) is 28.0. The minimum absolute atomic E-state index is 0.0199. The predicted octanol–water partition coefficient (Wildman–Crippen LogP) is 12.0. The summed E-state index contributed by atoms with van der Waals surface area (Å²) in [6.07, 6.45) is 16.2. The van der Waals surface area contributed by atoms with Crippen molar-refractivity contribution in [2.24, 2.45) is 23.7 Å². The summed E-state index contributed by atoms with van der Waals surface area (Å²) in [4.78, 5) is 10.1. The molecule has 0 N–H and O–H groups in total. The van der Waals surface area contributed by atoms with Crippen molar-refractivity contribution in [2.45, 2.75) is 219 Å². The number of methoxy groups -OCH3 is 2. The fraction of sp³-hybridized carbons (Fsp3) is 0.743. The summed E-state index contributed by atoms with van der Waals surface area (Å²) in [5.74, 6) is 2.05. The van der Waals surface area contributed by atoms with Crippen molar-refractivity contribution in [1.29, 1.82) is 0 Å². The maximum absolute atomic E-state index is 7.26. The van der Waals surface area contributed by atoms with Gasteiger partial charge in [-0.15, -0.1) is 0 Å². The average molecular weight is 1170 g/mol. The number of aromatic nitrogens is 4. The summed E-state index contributed by atoms with van der Waals surface area (Å²) in [5.41, 5.74) is 6.96. The highest BCUT2D eigenvalue weighted by atomic mass is 16.5. The fourth-order valence-electron chi connectivity index (χ4n) is 13.5. The Bertz CT molecular complexity index is 2270. The van der Waals surface area contributed by atoms with Gasteiger partial charge in [-0.05, 0) is 177 Å². The van der Waals surface area contributed by atoms with Crippen LogP contribution in [0.15, 0.2) is 73.1 Å². The van der Waals surface area contributed by atoms with Gasteiger partial charge in [-0.1, -0.05) is 104 Å². The van der Waals surface area contributed by atoms with E-state index in [4.69, 9.17) is 38.6 Å². The molecule has 2 aromatic heterocycles. The van der Waals surface area contributed by atoms with E-state index in [2.05, 4.69) is 187 Å². The molecule has 2 aliphatic carbocycles. The van der Waals surface area contributed by atoms with Gasteiger partial charge in [0, 0.05) is 77.0 Å². The quantitative estimate of drug-likeness (QED) is 0.0842.